The molecule has 2 atom stereocenters. The molecule has 16 heavy (non-hydrogen) atoms. The first-order valence-corrected chi connectivity index (χ1v) is 6.65. The van der Waals surface area contributed by atoms with E-state index in [1.165, 1.54) is 0 Å². The second-order valence-corrected chi connectivity index (χ2v) is 5.56. The van der Waals surface area contributed by atoms with Gasteiger partial charge in [-0.1, -0.05) is 27.7 Å². The molecule has 0 heterocycles. The van der Waals surface area contributed by atoms with Gasteiger partial charge in [-0.3, -0.25) is 4.79 Å². The van der Waals surface area contributed by atoms with Crippen LogP contribution >= 0.6 is 0 Å². The van der Waals surface area contributed by atoms with Gasteiger partial charge in [0.1, 0.15) is 5.78 Å². The van der Waals surface area contributed by atoms with Gasteiger partial charge >= 0.3 is 0 Å². The maximum absolute atomic E-state index is 11.7. The molecule has 0 aromatic rings. The summed E-state index contributed by atoms with van der Waals surface area (Å²) in [6.07, 6.45) is 3.99. The van der Waals surface area contributed by atoms with Crippen molar-refractivity contribution in [3.63, 3.8) is 0 Å². The van der Waals surface area contributed by atoms with Crippen molar-refractivity contribution in [2.24, 2.45) is 11.3 Å². The summed E-state index contributed by atoms with van der Waals surface area (Å²) in [4.78, 5) is 11.7. The lowest BCUT2D eigenvalue weighted by atomic mass is 9.61. The highest BCUT2D eigenvalue weighted by atomic mass is 16.5. The second kappa shape index (κ2) is 5.31. The van der Waals surface area contributed by atoms with E-state index in [0.717, 1.165) is 19.3 Å². The minimum atomic E-state index is -0.161. The van der Waals surface area contributed by atoms with Crippen LogP contribution < -0.4 is 0 Å². The summed E-state index contributed by atoms with van der Waals surface area (Å²) >= 11 is 0. The molecule has 0 spiro atoms. The molecule has 1 aliphatic carbocycles. The molecule has 2 heteroatoms. The molecule has 94 valence electrons. The van der Waals surface area contributed by atoms with Gasteiger partial charge in [0.25, 0.3) is 0 Å². The Morgan fingerprint density at radius 2 is 1.88 bits per heavy atom. The van der Waals surface area contributed by atoms with E-state index >= 15 is 0 Å². The van der Waals surface area contributed by atoms with Crippen molar-refractivity contribution in [2.45, 2.75) is 72.5 Å². The maximum Gasteiger partial charge on any atom is 0.144 e. The minimum Gasteiger partial charge on any atom is -0.374 e. The van der Waals surface area contributed by atoms with Crippen molar-refractivity contribution >= 4 is 5.78 Å². The number of carbonyl (C=O) groups excluding carboxylic acids is 1. The minimum absolute atomic E-state index is 0.161. The van der Waals surface area contributed by atoms with E-state index in [1.54, 1.807) is 0 Å². The Hall–Kier alpha value is -0.370. The zero-order chi connectivity index (χ0) is 12.3. The van der Waals surface area contributed by atoms with E-state index in [0.29, 0.717) is 18.1 Å². The molecule has 0 aromatic carbocycles. The zero-order valence-corrected chi connectivity index (χ0v) is 11.4. The van der Waals surface area contributed by atoms with Crippen molar-refractivity contribution in [1.29, 1.82) is 0 Å². The lowest BCUT2D eigenvalue weighted by Crippen LogP contribution is -2.55. The third-order valence-corrected chi connectivity index (χ3v) is 4.00. The fraction of sp³-hybridized carbons (Fsp3) is 0.929. The molecule has 0 aromatic heterocycles. The van der Waals surface area contributed by atoms with Gasteiger partial charge in [-0.15, -0.1) is 0 Å². The molecule has 0 radical (unpaired) electrons. The Balaban J connectivity index is 2.52. The van der Waals surface area contributed by atoms with Gasteiger partial charge in [0.15, 0.2) is 0 Å². The summed E-state index contributed by atoms with van der Waals surface area (Å²) in [5.74, 6) is 1.06. The van der Waals surface area contributed by atoms with Crippen molar-refractivity contribution in [1.82, 2.24) is 0 Å². The lowest BCUT2D eigenvalue weighted by Gasteiger charge is -2.47. The van der Waals surface area contributed by atoms with E-state index in [4.69, 9.17) is 4.74 Å². The molecule has 2 nitrogen and oxygen atoms in total. The average Bonchev–Trinajstić information content (AvgIpc) is 2.18. The largest absolute Gasteiger partial charge is 0.374 e. The number of rotatable bonds is 6. The summed E-state index contributed by atoms with van der Waals surface area (Å²) in [5.41, 5.74) is -0.161. The highest BCUT2D eigenvalue weighted by molar-refractivity contribution is 5.92. The van der Waals surface area contributed by atoms with Crippen LogP contribution in [0.5, 0.6) is 0 Å². The number of ketones is 1. The summed E-state index contributed by atoms with van der Waals surface area (Å²) in [6.45, 7) is 10.7. The fourth-order valence-corrected chi connectivity index (χ4v) is 2.89. The summed E-state index contributed by atoms with van der Waals surface area (Å²) in [5, 5.41) is 0. The summed E-state index contributed by atoms with van der Waals surface area (Å²) in [7, 11) is 0. The van der Waals surface area contributed by atoms with Crippen LogP contribution in [0.2, 0.25) is 0 Å². The SMILES string of the molecule is CCC1(CC)C(=O)CC1OC(C)CC(C)C. The van der Waals surface area contributed by atoms with E-state index in [-0.39, 0.29) is 17.6 Å². The highest BCUT2D eigenvalue weighted by Crippen LogP contribution is 2.46. The van der Waals surface area contributed by atoms with Crippen LogP contribution in [0.3, 0.4) is 0 Å². The van der Waals surface area contributed by atoms with Crippen LogP contribution in [-0.4, -0.2) is 18.0 Å². The number of ether oxygens (including phenoxy) is 1. The molecule has 1 saturated carbocycles. The highest BCUT2D eigenvalue weighted by Gasteiger charge is 2.53. The Kier molecular flexibility index (Phi) is 4.54. The monoisotopic (exact) mass is 226 g/mol. The van der Waals surface area contributed by atoms with Crippen LogP contribution in [0.4, 0.5) is 0 Å². The first-order valence-electron chi connectivity index (χ1n) is 6.65. The van der Waals surface area contributed by atoms with Crippen molar-refractivity contribution < 1.29 is 9.53 Å². The molecule has 1 rings (SSSR count). The second-order valence-electron chi connectivity index (χ2n) is 5.56. The number of hydrogen-bond acceptors (Lipinski definition) is 2. The van der Waals surface area contributed by atoms with Gasteiger partial charge < -0.3 is 4.74 Å². The Bertz CT molecular complexity index is 241. The molecule has 0 N–H and O–H groups in total. The Labute approximate surface area is 99.8 Å². The molecular weight excluding hydrogens is 200 g/mol. The topological polar surface area (TPSA) is 26.3 Å². The fourth-order valence-electron chi connectivity index (χ4n) is 2.89. The molecular formula is C14H26O2. The summed E-state index contributed by atoms with van der Waals surface area (Å²) in [6, 6.07) is 0. The van der Waals surface area contributed by atoms with Gasteiger partial charge in [0.2, 0.25) is 0 Å². The van der Waals surface area contributed by atoms with Crippen LogP contribution in [0.25, 0.3) is 0 Å². The van der Waals surface area contributed by atoms with Crippen molar-refractivity contribution in [2.75, 3.05) is 0 Å². The van der Waals surface area contributed by atoms with Crippen molar-refractivity contribution in [3.05, 3.63) is 0 Å². The normalized spacial score (nSPS) is 25.6. The van der Waals surface area contributed by atoms with Gasteiger partial charge in [0.05, 0.1) is 17.6 Å². The van der Waals surface area contributed by atoms with Crippen LogP contribution in [-0.2, 0) is 9.53 Å². The number of Topliss-reactive ketones (excluding diaryl/α,β-unsaturated/α-hetero) is 1. The Morgan fingerprint density at radius 1 is 1.31 bits per heavy atom. The molecule has 2 unspecified atom stereocenters. The third-order valence-electron chi connectivity index (χ3n) is 4.00. The molecule has 0 amide bonds. The quantitative estimate of drug-likeness (QED) is 0.692. The van der Waals surface area contributed by atoms with E-state index < -0.39 is 0 Å². The molecule has 1 fully saturated rings. The maximum atomic E-state index is 11.7. The lowest BCUT2D eigenvalue weighted by molar-refractivity contribution is -0.173. The van der Waals surface area contributed by atoms with Crippen LogP contribution in [0.1, 0.15) is 60.3 Å². The average molecular weight is 226 g/mol. The van der Waals surface area contributed by atoms with Gasteiger partial charge in [-0.25, -0.2) is 0 Å². The zero-order valence-electron chi connectivity index (χ0n) is 11.4. The predicted molar refractivity (Wildman–Crippen MR) is 66.4 cm³/mol. The number of hydrogen-bond donors (Lipinski definition) is 0. The third kappa shape index (κ3) is 2.48. The smallest absolute Gasteiger partial charge is 0.144 e. The van der Waals surface area contributed by atoms with Crippen LogP contribution in [0, 0.1) is 11.3 Å². The van der Waals surface area contributed by atoms with Crippen molar-refractivity contribution in [3.8, 4) is 0 Å². The van der Waals surface area contributed by atoms with E-state index in [2.05, 4.69) is 34.6 Å². The molecule has 0 saturated heterocycles. The molecule has 0 aliphatic heterocycles. The Morgan fingerprint density at radius 3 is 2.25 bits per heavy atom. The number of carbonyl (C=O) groups is 1. The van der Waals surface area contributed by atoms with E-state index in [1.807, 2.05) is 0 Å². The van der Waals surface area contributed by atoms with Gasteiger partial charge in [0, 0.05) is 6.42 Å². The van der Waals surface area contributed by atoms with E-state index in [9.17, 15) is 4.79 Å². The first-order chi connectivity index (χ1) is 7.46. The van der Waals surface area contributed by atoms with Gasteiger partial charge in [-0.2, -0.15) is 0 Å². The van der Waals surface area contributed by atoms with Gasteiger partial charge in [-0.05, 0) is 32.1 Å². The summed E-state index contributed by atoms with van der Waals surface area (Å²) < 4.78 is 6.04. The first kappa shape index (κ1) is 13.7. The molecule has 1 aliphatic rings. The standard InChI is InChI=1S/C14H26O2/c1-6-14(7-2)12(15)9-13(14)16-11(5)8-10(3)4/h10-11,13H,6-9H2,1-5H3. The predicted octanol–water partition coefficient (Wildman–Crippen LogP) is 3.59. The molecule has 0 bridgehead atoms. The van der Waals surface area contributed by atoms with Crippen LogP contribution in [0.15, 0.2) is 0 Å².